The van der Waals surface area contributed by atoms with Crippen molar-refractivity contribution in [2.75, 3.05) is 13.7 Å². The number of nitrogens with two attached hydrogens (primary N) is 4. The number of nitrogens with one attached hydrogen (secondary N) is 1. The quantitative estimate of drug-likeness (QED) is 0.0363. The van der Waals surface area contributed by atoms with Crippen molar-refractivity contribution >= 4 is 33.9 Å². The van der Waals surface area contributed by atoms with Gasteiger partial charge in [0, 0.05) is 0 Å². The molecule has 1 saturated carbocycles. The maximum atomic E-state index is 12.2. The molecule has 0 spiro atoms. The molecule has 3 fully saturated rings. The Bertz CT molecular complexity index is 1230. The minimum Gasteiger partial charge on any atom is -0.394 e. The van der Waals surface area contributed by atoms with Crippen LogP contribution >= 0.6 is 15.6 Å². The van der Waals surface area contributed by atoms with Crippen molar-refractivity contribution in [3.8, 4) is 0 Å². The SMILES string of the molecule is CNC1C(OC2C(OC3C(O)C(OP(=O)(O)O)C(N=C(N)N)C(O)C3N=C(N)N)OC(C)C2C=O)OC(CO)C(O)C1OP(=O)(O)O. The first-order chi connectivity index (χ1) is 21.7. The second kappa shape index (κ2) is 15.7. The number of hydrogen-bond donors (Lipinski definition) is 13. The zero-order valence-electron chi connectivity index (χ0n) is 24.8. The number of ether oxygens (including phenoxy) is 4. The Hall–Kier alpha value is -1.93. The van der Waals surface area contributed by atoms with Crippen molar-refractivity contribution in [1.82, 2.24) is 5.32 Å². The first-order valence-corrected chi connectivity index (χ1v) is 16.8. The van der Waals surface area contributed by atoms with Gasteiger partial charge in [0.2, 0.25) is 0 Å². The van der Waals surface area contributed by atoms with Crippen molar-refractivity contribution in [3.63, 3.8) is 0 Å². The number of carbonyl (C=O) groups excluding carboxylic acids is 1. The van der Waals surface area contributed by atoms with Gasteiger partial charge < -0.3 is 92.0 Å². The van der Waals surface area contributed by atoms with Crippen molar-refractivity contribution in [3.05, 3.63) is 0 Å². The largest absolute Gasteiger partial charge is 0.470 e. The fraction of sp³-hybridized carbons (Fsp3) is 0.857. The van der Waals surface area contributed by atoms with Gasteiger partial charge in [-0.2, -0.15) is 0 Å². The summed E-state index contributed by atoms with van der Waals surface area (Å²) < 4.78 is 56.3. The summed E-state index contributed by atoms with van der Waals surface area (Å²) in [5, 5.41) is 45.4. The Morgan fingerprint density at radius 2 is 1.32 bits per heavy atom. The molecular formula is C21H41N7O17P2. The number of guanidine groups is 2. The van der Waals surface area contributed by atoms with E-state index in [4.69, 9.17) is 50.9 Å². The van der Waals surface area contributed by atoms with Crippen LogP contribution in [-0.4, -0.2) is 158 Å². The van der Waals surface area contributed by atoms with Crippen molar-refractivity contribution in [2.45, 2.75) is 92.6 Å². The van der Waals surface area contributed by atoms with Crippen molar-refractivity contribution in [1.29, 1.82) is 0 Å². The smallest absolute Gasteiger partial charge is 0.394 e. The molecule has 47 heavy (non-hydrogen) atoms. The van der Waals surface area contributed by atoms with E-state index in [2.05, 4.69) is 15.3 Å². The van der Waals surface area contributed by atoms with Crippen LogP contribution in [0.5, 0.6) is 0 Å². The predicted molar refractivity (Wildman–Crippen MR) is 153 cm³/mol. The third-order valence-corrected chi connectivity index (χ3v) is 8.66. The van der Waals surface area contributed by atoms with E-state index >= 15 is 0 Å². The number of rotatable bonds is 13. The third kappa shape index (κ3) is 9.61. The Morgan fingerprint density at radius 3 is 1.79 bits per heavy atom. The number of carbonyl (C=O) groups is 1. The highest BCUT2D eigenvalue weighted by Crippen LogP contribution is 2.45. The molecule has 0 amide bonds. The maximum absolute atomic E-state index is 12.2. The standard InChI is InChI=1S/C21H41N7O17P2/c1-5-6(3-29)14(42-18-10(26-2)17(45-47(37,38)39)11(31)7(4-30)41-18)19(40-5)43-15-8(27-20(22)23)12(32)9(28-21(24)25)16(13(15)33)44-46(34,35)36/h3,5-19,26,30-33H,4H2,1-2H3,(H4,22,23,27)(H4,24,25,28)(H2,34,35,36)(H2,37,38,39). The summed E-state index contributed by atoms with van der Waals surface area (Å²) in [7, 11) is -9.31. The molecule has 2 aliphatic heterocycles. The summed E-state index contributed by atoms with van der Waals surface area (Å²) in [5.74, 6) is -2.48. The summed E-state index contributed by atoms with van der Waals surface area (Å²) in [4.78, 5) is 57.7. The first-order valence-electron chi connectivity index (χ1n) is 13.8. The van der Waals surface area contributed by atoms with Crippen LogP contribution in [0.15, 0.2) is 9.98 Å². The Balaban J connectivity index is 2.03. The average molecular weight is 726 g/mol. The number of phosphoric acid groups is 2. The van der Waals surface area contributed by atoms with Gasteiger partial charge in [-0.25, -0.2) is 19.1 Å². The molecule has 24 nitrogen and oxygen atoms in total. The number of likely N-dealkylation sites (N-methyl/N-ethyl adjacent to an activating group) is 1. The molecule has 1 aliphatic carbocycles. The molecule has 0 bridgehead atoms. The van der Waals surface area contributed by atoms with Gasteiger partial charge in [0.15, 0.2) is 24.5 Å². The molecule has 15 atom stereocenters. The topological polar surface area (TPSA) is 409 Å². The zero-order chi connectivity index (χ0) is 35.6. The molecule has 2 saturated heterocycles. The molecule has 2 heterocycles. The minimum atomic E-state index is -5.39. The van der Waals surface area contributed by atoms with Crippen molar-refractivity contribution in [2.24, 2.45) is 38.8 Å². The number of aldehydes is 1. The lowest BCUT2D eigenvalue weighted by Crippen LogP contribution is -2.66. The molecule has 17 N–H and O–H groups in total. The third-order valence-electron chi connectivity index (χ3n) is 7.63. The van der Waals surface area contributed by atoms with Gasteiger partial charge in [-0.3, -0.25) is 9.05 Å². The monoisotopic (exact) mass is 725 g/mol. The van der Waals surface area contributed by atoms with E-state index in [-0.39, 0.29) is 0 Å². The van der Waals surface area contributed by atoms with E-state index in [1.165, 1.54) is 14.0 Å². The summed E-state index contributed by atoms with van der Waals surface area (Å²) in [5.41, 5.74) is 21.9. The van der Waals surface area contributed by atoms with Crippen LogP contribution in [0.1, 0.15) is 6.92 Å². The second-order valence-corrected chi connectivity index (χ2v) is 13.2. The van der Waals surface area contributed by atoms with Crippen LogP contribution in [0.3, 0.4) is 0 Å². The summed E-state index contributed by atoms with van der Waals surface area (Å²) in [6.07, 6.45) is -18.3. The normalized spacial score (nSPS) is 41.3. The molecule has 0 aromatic rings. The maximum Gasteiger partial charge on any atom is 0.470 e. The number of phosphoric ester groups is 2. The number of aliphatic hydroxyl groups is 4. The van der Waals surface area contributed by atoms with Gasteiger partial charge >= 0.3 is 15.6 Å². The summed E-state index contributed by atoms with van der Waals surface area (Å²) in [6, 6.07) is -4.78. The summed E-state index contributed by atoms with van der Waals surface area (Å²) in [6.45, 7) is 0.571. The number of nitrogens with zero attached hydrogens (tertiary/aromatic N) is 2. The van der Waals surface area contributed by atoms with Crippen molar-refractivity contribution < 1.29 is 81.9 Å². The van der Waals surface area contributed by atoms with E-state index in [1.807, 2.05) is 0 Å². The zero-order valence-corrected chi connectivity index (χ0v) is 26.6. The van der Waals surface area contributed by atoms with Gasteiger partial charge in [0.05, 0.1) is 24.7 Å². The molecule has 3 rings (SSSR count). The van der Waals surface area contributed by atoms with Crippen LogP contribution in [0, 0.1) is 5.92 Å². The van der Waals surface area contributed by atoms with Crippen LogP contribution in [0.2, 0.25) is 0 Å². The van der Waals surface area contributed by atoms with Gasteiger partial charge in [-0.15, -0.1) is 0 Å². The highest BCUT2D eigenvalue weighted by molar-refractivity contribution is 7.46. The summed E-state index contributed by atoms with van der Waals surface area (Å²) >= 11 is 0. The van der Waals surface area contributed by atoms with Gasteiger partial charge in [-0.1, -0.05) is 0 Å². The van der Waals surface area contributed by atoms with Crippen LogP contribution < -0.4 is 28.3 Å². The van der Waals surface area contributed by atoms with E-state index in [1.54, 1.807) is 0 Å². The van der Waals surface area contributed by atoms with E-state index in [0.717, 1.165) is 0 Å². The molecule has 15 unspecified atom stereocenters. The molecule has 0 radical (unpaired) electrons. The van der Waals surface area contributed by atoms with E-state index in [9.17, 15) is 53.9 Å². The van der Waals surface area contributed by atoms with Crippen LogP contribution in [0.25, 0.3) is 0 Å². The lowest BCUT2D eigenvalue weighted by atomic mass is 9.81. The molecule has 3 aliphatic rings. The molecule has 0 aromatic carbocycles. The van der Waals surface area contributed by atoms with E-state index < -0.39 is 126 Å². The average Bonchev–Trinajstić information content (AvgIpc) is 3.24. The number of aliphatic imine (C=N–C) groups is 2. The molecular weight excluding hydrogens is 684 g/mol. The van der Waals surface area contributed by atoms with Gasteiger partial charge in [-0.05, 0) is 14.0 Å². The highest BCUT2D eigenvalue weighted by Gasteiger charge is 2.57. The van der Waals surface area contributed by atoms with Gasteiger partial charge in [0.1, 0.15) is 67.2 Å². The lowest BCUT2D eigenvalue weighted by Gasteiger charge is -2.46. The minimum absolute atomic E-state index is 0.423. The number of hydrogen-bond acceptors (Lipinski definition) is 16. The Kier molecular flexibility index (Phi) is 13.2. The van der Waals surface area contributed by atoms with Gasteiger partial charge in [0.25, 0.3) is 0 Å². The van der Waals surface area contributed by atoms with Crippen LogP contribution in [-0.2, 0) is 41.9 Å². The molecule has 26 heteroatoms. The second-order valence-electron chi connectivity index (χ2n) is 10.8. The van der Waals surface area contributed by atoms with Crippen LogP contribution in [0.4, 0.5) is 0 Å². The Morgan fingerprint density at radius 1 is 0.809 bits per heavy atom. The molecule has 272 valence electrons. The lowest BCUT2D eigenvalue weighted by molar-refractivity contribution is -0.307. The molecule has 0 aromatic heterocycles. The highest BCUT2D eigenvalue weighted by atomic mass is 31.2. The number of aliphatic hydroxyl groups excluding tert-OH is 4. The first kappa shape index (κ1) is 39.5. The Labute approximate surface area is 266 Å². The van der Waals surface area contributed by atoms with E-state index in [0.29, 0.717) is 6.29 Å². The predicted octanol–water partition coefficient (Wildman–Crippen LogP) is -7.04. The fourth-order valence-electron chi connectivity index (χ4n) is 5.63. The fourth-order valence-corrected chi connectivity index (χ4v) is 6.77.